The fourth-order valence-electron chi connectivity index (χ4n) is 1.61. The second kappa shape index (κ2) is 5.39. The van der Waals surface area contributed by atoms with Crippen LogP contribution in [0.1, 0.15) is 5.82 Å². The third-order valence-corrected chi connectivity index (χ3v) is 2.40. The average Bonchev–Trinajstić information content (AvgIpc) is 2.37. The fraction of sp³-hybridized carbons (Fsp3) is 0.167. The van der Waals surface area contributed by atoms with E-state index in [1.807, 2.05) is 0 Å². The molecular weight excluding hydrogens is 264 g/mol. The van der Waals surface area contributed by atoms with Crippen molar-refractivity contribution in [3.63, 3.8) is 0 Å². The van der Waals surface area contributed by atoms with Crippen molar-refractivity contribution in [1.82, 2.24) is 9.97 Å². The van der Waals surface area contributed by atoms with Gasteiger partial charge in [0.1, 0.15) is 17.4 Å². The van der Waals surface area contributed by atoms with Gasteiger partial charge in [-0.1, -0.05) is 0 Å². The Bertz CT molecular complexity index is 640. The van der Waals surface area contributed by atoms with Gasteiger partial charge in [0.15, 0.2) is 5.75 Å². The van der Waals surface area contributed by atoms with Gasteiger partial charge >= 0.3 is 5.69 Å². The van der Waals surface area contributed by atoms with Gasteiger partial charge in [-0.2, -0.15) is 4.98 Å². The zero-order chi connectivity index (χ0) is 14.7. The largest absolute Gasteiger partial charge is 0.490 e. The molecule has 0 aliphatic carbocycles. The molecule has 104 valence electrons. The van der Waals surface area contributed by atoms with Crippen molar-refractivity contribution in [2.45, 2.75) is 6.92 Å². The monoisotopic (exact) mass is 276 g/mol. The number of methoxy groups -OCH3 is 1. The van der Waals surface area contributed by atoms with E-state index in [9.17, 15) is 10.1 Å². The Morgan fingerprint density at radius 2 is 2.05 bits per heavy atom. The van der Waals surface area contributed by atoms with Gasteiger partial charge in [0.2, 0.25) is 5.88 Å². The van der Waals surface area contributed by atoms with E-state index in [0.717, 1.165) is 0 Å². The number of nitrogens with two attached hydrogens (primary N) is 1. The van der Waals surface area contributed by atoms with Gasteiger partial charge in [-0.25, -0.2) is 4.98 Å². The van der Waals surface area contributed by atoms with Crippen LogP contribution in [0.4, 0.5) is 11.5 Å². The van der Waals surface area contributed by atoms with Crippen LogP contribution in [-0.2, 0) is 0 Å². The molecule has 0 aliphatic rings. The zero-order valence-corrected chi connectivity index (χ0v) is 10.9. The smallest absolute Gasteiger partial charge is 0.314 e. The number of nitrogen functional groups attached to an aromatic ring is 1. The first kappa shape index (κ1) is 13.5. The highest BCUT2D eigenvalue weighted by Gasteiger charge is 2.16. The lowest BCUT2D eigenvalue weighted by atomic mass is 10.3. The molecule has 0 aliphatic heterocycles. The van der Waals surface area contributed by atoms with E-state index in [4.69, 9.17) is 15.2 Å². The van der Waals surface area contributed by atoms with Crippen molar-refractivity contribution >= 4 is 11.5 Å². The highest BCUT2D eigenvalue weighted by molar-refractivity contribution is 5.51. The third-order valence-electron chi connectivity index (χ3n) is 2.40. The summed E-state index contributed by atoms with van der Waals surface area (Å²) < 4.78 is 10.3. The van der Waals surface area contributed by atoms with E-state index in [1.165, 1.54) is 25.3 Å². The molecule has 1 aromatic carbocycles. The van der Waals surface area contributed by atoms with E-state index in [-0.39, 0.29) is 28.9 Å². The molecule has 0 atom stereocenters. The number of benzene rings is 1. The molecule has 0 spiro atoms. The Morgan fingerprint density at radius 1 is 1.30 bits per heavy atom. The molecular formula is C12H12N4O4. The number of hydrogen-bond donors (Lipinski definition) is 1. The molecule has 20 heavy (non-hydrogen) atoms. The Balaban J connectivity index is 2.34. The number of rotatable bonds is 4. The molecule has 2 aromatic rings. The van der Waals surface area contributed by atoms with Crippen molar-refractivity contribution in [1.29, 1.82) is 0 Å². The maximum absolute atomic E-state index is 10.9. The van der Waals surface area contributed by atoms with Crippen LogP contribution in [0.15, 0.2) is 24.3 Å². The predicted octanol–water partition coefficient (Wildman–Crippen LogP) is 2.08. The Morgan fingerprint density at radius 3 is 2.65 bits per heavy atom. The number of hydrogen-bond acceptors (Lipinski definition) is 7. The van der Waals surface area contributed by atoms with Gasteiger partial charge in [-0.3, -0.25) is 10.1 Å². The quantitative estimate of drug-likeness (QED) is 0.671. The van der Waals surface area contributed by atoms with E-state index < -0.39 is 4.92 Å². The lowest BCUT2D eigenvalue weighted by Crippen LogP contribution is -1.98. The number of anilines is 1. The average molecular weight is 276 g/mol. The molecule has 8 nitrogen and oxygen atoms in total. The molecule has 1 aromatic heterocycles. The van der Waals surface area contributed by atoms with Crippen LogP contribution in [0.2, 0.25) is 0 Å². The molecule has 0 saturated heterocycles. The summed E-state index contributed by atoms with van der Waals surface area (Å²) in [7, 11) is 1.36. The van der Waals surface area contributed by atoms with Gasteiger partial charge in [-0.05, 0) is 19.1 Å². The van der Waals surface area contributed by atoms with Crippen molar-refractivity contribution in [3.05, 3.63) is 40.2 Å². The highest BCUT2D eigenvalue weighted by Crippen LogP contribution is 2.32. The zero-order valence-electron chi connectivity index (χ0n) is 10.9. The van der Waals surface area contributed by atoms with Crippen LogP contribution >= 0.6 is 0 Å². The summed E-state index contributed by atoms with van der Waals surface area (Å²) in [5.41, 5.74) is 5.39. The van der Waals surface area contributed by atoms with Gasteiger partial charge in [0.05, 0.1) is 18.1 Å². The predicted molar refractivity (Wildman–Crippen MR) is 70.9 cm³/mol. The summed E-state index contributed by atoms with van der Waals surface area (Å²) in [6.07, 6.45) is 0. The maximum atomic E-state index is 10.9. The van der Waals surface area contributed by atoms with Crippen LogP contribution in [0.3, 0.4) is 0 Å². The molecule has 0 unspecified atom stereocenters. The highest BCUT2D eigenvalue weighted by atomic mass is 16.6. The van der Waals surface area contributed by atoms with Crippen LogP contribution in [0.5, 0.6) is 17.4 Å². The minimum Gasteiger partial charge on any atom is -0.490 e. The van der Waals surface area contributed by atoms with E-state index >= 15 is 0 Å². The number of ether oxygens (including phenoxy) is 2. The minimum absolute atomic E-state index is 0.153. The SMILES string of the molecule is COc1ccc(Oc2cc(N)nc(C)n2)cc1[N+](=O)[O-]. The first-order valence-electron chi connectivity index (χ1n) is 5.61. The minimum atomic E-state index is -0.550. The molecule has 8 heteroatoms. The van der Waals surface area contributed by atoms with Crippen LogP contribution in [0, 0.1) is 17.0 Å². The number of nitro benzene ring substituents is 1. The third kappa shape index (κ3) is 2.91. The number of aryl methyl sites for hydroxylation is 1. The lowest BCUT2D eigenvalue weighted by Gasteiger charge is -2.07. The van der Waals surface area contributed by atoms with Gasteiger partial charge < -0.3 is 15.2 Å². The number of nitro groups is 1. The topological polar surface area (TPSA) is 113 Å². The van der Waals surface area contributed by atoms with Crippen LogP contribution in [-0.4, -0.2) is 22.0 Å². The van der Waals surface area contributed by atoms with E-state index in [2.05, 4.69) is 9.97 Å². The summed E-state index contributed by atoms with van der Waals surface area (Å²) in [5.74, 6) is 1.34. The molecule has 0 saturated carbocycles. The van der Waals surface area contributed by atoms with Gasteiger partial charge in [0.25, 0.3) is 0 Å². The molecule has 0 amide bonds. The molecule has 2 N–H and O–H groups in total. The lowest BCUT2D eigenvalue weighted by molar-refractivity contribution is -0.385. The Kier molecular flexibility index (Phi) is 3.65. The Hall–Kier alpha value is -2.90. The number of aromatic nitrogens is 2. The van der Waals surface area contributed by atoms with Crippen LogP contribution < -0.4 is 15.2 Å². The van der Waals surface area contributed by atoms with Gasteiger partial charge in [0, 0.05) is 6.07 Å². The second-order valence-corrected chi connectivity index (χ2v) is 3.87. The van der Waals surface area contributed by atoms with Crippen LogP contribution in [0.25, 0.3) is 0 Å². The number of nitrogens with zero attached hydrogens (tertiary/aromatic N) is 3. The maximum Gasteiger partial charge on any atom is 0.314 e. The van der Waals surface area contributed by atoms with Crippen molar-refractivity contribution in [3.8, 4) is 17.4 Å². The first-order valence-corrected chi connectivity index (χ1v) is 5.61. The standard InChI is InChI=1S/C12H12N4O4/c1-7-14-11(13)6-12(15-7)20-8-3-4-10(19-2)9(5-8)16(17)18/h3-6H,1-2H3,(H2,13,14,15). The summed E-state index contributed by atoms with van der Waals surface area (Å²) in [6, 6.07) is 5.68. The summed E-state index contributed by atoms with van der Waals surface area (Å²) in [5, 5.41) is 10.9. The first-order chi connectivity index (χ1) is 9.49. The molecule has 0 bridgehead atoms. The summed E-state index contributed by atoms with van der Waals surface area (Å²) in [6.45, 7) is 1.67. The molecule has 0 radical (unpaired) electrons. The van der Waals surface area contributed by atoms with Crippen molar-refractivity contribution in [2.75, 3.05) is 12.8 Å². The summed E-state index contributed by atoms with van der Waals surface area (Å²) >= 11 is 0. The molecule has 0 fully saturated rings. The molecule has 2 rings (SSSR count). The normalized spacial score (nSPS) is 10.1. The Labute approximate surface area is 114 Å². The second-order valence-electron chi connectivity index (χ2n) is 3.87. The van der Waals surface area contributed by atoms with Gasteiger partial charge in [-0.15, -0.1) is 0 Å². The summed E-state index contributed by atoms with van der Waals surface area (Å²) in [4.78, 5) is 18.3. The van der Waals surface area contributed by atoms with Crippen molar-refractivity contribution in [2.24, 2.45) is 0 Å². The molecule has 1 heterocycles. The fourth-order valence-corrected chi connectivity index (χ4v) is 1.61. The van der Waals surface area contributed by atoms with E-state index in [1.54, 1.807) is 13.0 Å². The van der Waals surface area contributed by atoms with Crippen molar-refractivity contribution < 1.29 is 14.4 Å². The van der Waals surface area contributed by atoms with E-state index in [0.29, 0.717) is 5.82 Å².